The van der Waals surface area contributed by atoms with Crippen molar-refractivity contribution >= 4 is 128 Å². The number of fused-ring (bicyclic) bond motifs is 14. The van der Waals surface area contributed by atoms with Crippen LogP contribution < -0.4 is 24.9 Å². The zero-order chi connectivity index (χ0) is 60.8. The maximum atomic E-state index is 7.36. The lowest BCUT2D eigenvalue weighted by molar-refractivity contribution is 0.332. The van der Waals surface area contributed by atoms with Gasteiger partial charge in [0.15, 0.2) is 5.58 Å². The van der Waals surface area contributed by atoms with E-state index in [2.05, 4.69) is 295 Å². The van der Waals surface area contributed by atoms with Gasteiger partial charge in [0.2, 0.25) is 0 Å². The highest BCUT2D eigenvalue weighted by Gasteiger charge is 2.50. The molecule has 2 aliphatic heterocycles. The maximum absolute atomic E-state index is 7.36. The highest BCUT2D eigenvalue weighted by atomic mass is 32.1. The van der Waals surface area contributed by atoms with Gasteiger partial charge in [-0.3, -0.25) is 0 Å². The monoisotopic (exact) mass is 1160 g/mol. The molecule has 5 heterocycles. The first kappa shape index (κ1) is 55.6. The Morgan fingerprint density at radius 1 is 0.437 bits per heavy atom. The third kappa shape index (κ3) is 8.74. The van der Waals surface area contributed by atoms with Crippen LogP contribution in [0.15, 0.2) is 179 Å². The van der Waals surface area contributed by atoms with Crippen molar-refractivity contribution < 1.29 is 8.83 Å². The molecule has 0 saturated carbocycles. The van der Waals surface area contributed by atoms with E-state index in [-0.39, 0.29) is 39.3 Å². The van der Waals surface area contributed by atoms with Crippen molar-refractivity contribution in [3.05, 3.63) is 203 Å². The molecule has 3 aliphatic rings. The van der Waals surface area contributed by atoms with Crippen LogP contribution >= 0.6 is 11.3 Å². The van der Waals surface area contributed by atoms with Gasteiger partial charge in [-0.25, -0.2) is 0 Å². The average molecular weight is 1160 g/mol. The van der Waals surface area contributed by atoms with E-state index in [1.807, 2.05) is 11.3 Å². The van der Waals surface area contributed by atoms with E-state index >= 15 is 0 Å². The Bertz CT molecular complexity index is 4720. The molecule has 0 atom stereocenters. The zero-order valence-corrected chi connectivity index (χ0v) is 54.5. The first-order valence-corrected chi connectivity index (χ1v) is 32.4. The quantitative estimate of drug-likeness (QED) is 0.161. The van der Waals surface area contributed by atoms with Crippen LogP contribution in [0.25, 0.3) is 65.1 Å². The fraction of sp³-hybridized carbons (Fsp3) is 0.300. The van der Waals surface area contributed by atoms with E-state index in [1.54, 1.807) is 0 Å². The van der Waals surface area contributed by atoms with Crippen LogP contribution in [0.1, 0.15) is 157 Å². The van der Waals surface area contributed by atoms with Gasteiger partial charge in [0, 0.05) is 88.2 Å². The molecule has 12 aromatic rings. The van der Waals surface area contributed by atoms with E-state index in [9.17, 15) is 0 Å². The molecule has 1 aliphatic carbocycles. The lowest BCUT2D eigenvalue weighted by Gasteiger charge is -2.44. The summed E-state index contributed by atoms with van der Waals surface area (Å²) in [5.74, 6) is 0. The van der Waals surface area contributed by atoms with Gasteiger partial charge < -0.3 is 23.4 Å². The lowest BCUT2D eigenvalue weighted by Crippen LogP contribution is -2.60. The van der Waals surface area contributed by atoms with Crippen LogP contribution in [0.5, 0.6) is 0 Å². The molecule has 5 nitrogen and oxygen atoms in total. The SMILES string of the molecule is CC(C)(C)c1ccc(N2B3c4sc5cc6c(cc5c4N(c4ccc(C(C)(C)C)cc4)c4c3c(cc3c4oc4ccccc43)-c3cc4c(cc32)oc2cc(N(c3ccc(C(C)(C)C)cc3)c3ccc(C(C)(C)C)cc3)ccc24)C(C)(C)CCC6(C)C)cc1. The van der Waals surface area contributed by atoms with E-state index in [0.717, 1.165) is 96.5 Å². The number of anilines is 8. The molecule has 7 heteroatoms. The standard InChI is InChI=1S/C80H80BN3O2S/c1-75(2,3)47-21-29-51(30-22-47)82(52-31-23-48(24-32-52)76(4,5)6)55-37-38-57-59-42-58-60-43-61-56-19-17-18-20-66(56)86-73(61)72-70(60)81(84(65(58)46-68(59)85-67(57)41-55)54-35-27-50(28-36-54)78(10,11)12)74-71(83(72)53-33-25-49(26-34-53)77(7,8)9)62-44-63-64(45-69(62)87-74)80(15,16)40-39-79(63,13)14/h17-38,41-46H,39-40H2,1-16H3. The van der Waals surface area contributed by atoms with Gasteiger partial charge in [-0.1, -0.05) is 178 Å². The Morgan fingerprint density at radius 3 is 1.51 bits per heavy atom. The van der Waals surface area contributed by atoms with E-state index in [0.29, 0.717) is 0 Å². The molecule has 87 heavy (non-hydrogen) atoms. The van der Waals surface area contributed by atoms with Crippen molar-refractivity contribution in [3.8, 4) is 11.1 Å². The molecule has 15 rings (SSSR count). The van der Waals surface area contributed by atoms with Crippen molar-refractivity contribution in [3.63, 3.8) is 0 Å². The predicted octanol–water partition coefficient (Wildman–Crippen LogP) is 22.4. The first-order chi connectivity index (χ1) is 41.1. The van der Waals surface area contributed by atoms with Crippen LogP contribution in [0.3, 0.4) is 0 Å². The second kappa shape index (κ2) is 18.8. The zero-order valence-electron chi connectivity index (χ0n) is 53.7. The molecule has 0 spiro atoms. The summed E-state index contributed by atoms with van der Waals surface area (Å²) in [4.78, 5) is 7.65. The van der Waals surface area contributed by atoms with Crippen LogP contribution in [0.4, 0.5) is 45.5 Å². The van der Waals surface area contributed by atoms with Crippen LogP contribution in [0.2, 0.25) is 0 Å². The summed E-state index contributed by atoms with van der Waals surface area (Å²) < 4.78 is 17.3. The van der Waals surface area contributed by atoms with Gasteiger partial charge >= 0.3 is 6.85 Å². The fourth-order valence-electron chi connectivity index (χ4n) is 14.6. The summed E-state index contributed by atoms with van der Waals surface area (Å²) in [7, 11) is 0. The Labute approximate surface area is 518 Å². The summed E-state index contributed by atoms with van der Waals surface area (Å²) >= 11 is 1.98. The van der Waals surface area contributed by atoms with Crippen molar-refractivity contribution in [2.75, 3.05) is 14.6 Å². The Kier molecular flexibility index (Phi) is 12.0. The van der Waals surface area contributed by atoms with E-state index < -0.39 is 0 Å². The van der Waals surface area contributed by atoms with E-state index in [4.69, 9.17) is 8.83 Å². The molecule has 0 unspecified atom stereocenters. The number of rotatable bonds is 5. The first-order valence-electron chi connectivity index (χ1n) is 31.5. The molecular formula is C80H80BN3O2S. The minimum Gasteiger partial charge on any atom is -0.456 e. The molecule has 436 valence electrons. The number of hydrogen-bond donors (Lipinski definition) is 0. The third-order valence-corrected chi connectivity index (χ3v) is 21.1. The second-order valence-corrected chi connectivity index (χ2v) is 32.0. The average Bonchev–Trinajstić information content (AvgIpc) is 1.64. The predicted molar refractivity (Wildman–Crippen MR) is 375 cm³/mol. The number of benzene rings is 9. The number of furan rings is 2. The molecule has 0 N–H and O–H groups in total. The van der Waals surface area contributed by atoms with Gasteiger partial charge in [-0.15, -0.1) is 11.3 Å². The second-order valence-electron chi connectivity index (χ2n) is 30.9. The maximum Gasteiger partial charge on any atom is 0.343 e. The third-order valence-electron chi connectivity index (χ3n) is 19.9. The molecule has 0 bridgehead atoms. The van der Waals surface area contributed by atoms with Gasteiger partial charge in [0.05, 0.1) is 11.4 Å². The largest absolute Gasteiger partial charge is 0.456 e. The van der Waals surface area contributed by atoms with Crippen molar-refractivity contribution in [2.45, 2.75) is 156 Å². The molecule has 3 aromatic heterocycles. The van der Waals surface area contributed by atoms with Gasteiger partial charge in [-0.05, 0) is 181 Å². The Balaban J connectivity index is 1.03. The van der Waals surface area contributed by atoms with Gasteiger partial charge in [-0.2, -0.15) is 0 Å². The highest BCUT2D eigenvalue weighted by molar-refractivity contribution is 7.32. The van der Waals surface area contributed by atoms with Crippen molar-refractivity contribution in [1.82, 2.24) is 0 Å². The van der Waals surface area contributed by atoms with Crippen LogP contribution in [-0.2, 0) is 32.5 Å². The normalized spacial score (nSPS) is 15.6. The molecule has 0 amide bonds. The van der Waals surface area contributed by atoms with Crippen molar-refractivity contribution in [2.24, 2.45) is 0 Å². The smallest absolute Gasteiger partial charge is 0.343 e. The number of nitrogens with zero attached hydrogens (tertiary/aromatic N) is 3. The van der Waals surface area contributed by atoms with Gasteiger partial charge in [0.1, 0.15) is 16.7 Å². The molecule has 0 fully saturated rings. The number of hydrogen-bond acceptors (Lipinski definition) is 6. The summed E-state index contributed by atoms with van der Waals surface area (Å²) in [5, 5.41) is 5.68. The minimum absolute atomic E-state index is 0.00974. The number of thiophene rings is 1. The molecule has 0 radical (unpaired) electrons. The minimum atomic E-state index is -0.229. The molecular weight excluding hydrogens is 1080 g/mol. The highest BCUT2D eigenvalue weighted by Crippen LogP contribution is 2.56. The van der Waals surface area contributed by atoms with E-state index in [1.165, 1.54) is 70.5 Å². The molecule has 0 saturated heterocycles. The lowest BCUT2D eigenvalue weighted by atomic mass is 9.46. The fourth-order valence-corrected chi connectivity index (χ4v) is 15.9. The van der Waals surface area contributed by atoms with Crippen LogP contribution in [0, 0.1) is 0 Å². The Hall–Kier alpha value is -8.00. The van der Waals surface area contributed by atoms with Crippen molar-refractivity contribution in [1.29, 1.82) is 0 Å². The summed E-state index contributed by atoms with van der Waals surface area (Å²) in [5.41, 5.74) is 24.3. The van der Waals surface area contributed by atoms with Gasteiger partial charge in [0.25, 0.3) is 0 Å². The summed E-state index contributed by atoms with van der Waals surface area (Å²) in [6.45, 7) is 37.1. The number of para-hydroxylation sites is 1. The topological polar surface area (TPSA) is 36.0 Å². The summed E-state index contributed by atoms with van der Waals surface area (Å²) in [6, 6.07) is 65.0. The summed E-state index contributed by atoms with van der Waals surface area (Å²) in [6.07, 6.45) is 2.29. The Morgan fingerprint density at radius 2 is 0.931 bits per heavy atom. The molecule has 9 aromatic carbocycles. The van der Waals surface area contributed by atoms with Crippen LogP contribution in [-0.4, -0.2) is 6.85 Å².